The van der Waals surface area contributed by atoms with Gasteiger partial charge < -0.3 is 13.3 Å². The molecule has 0 amide bonds. The van der Waals surface area contributed by atoms with Gasteiger partial charge in [0.15, 0.2) is 17.5 Å². The minimum Gasteiger partial charge on any atom is -0.456 e. The predicted molar refractivity (Wildman–Crippen MR) is 203 cm³/mol. The predicted octanol–water partition coefficient (Wildman–Crippen LogP) is 12.2. The van der Waals surface area contributed by atoms with E-state index in [1.807, 2.05) is 97.1 Å². The number of nitrogens with zero attached hydrogens (tertiary/aromatic N) is 3. The van der Waals surface area contributed by atoms with Crippen LogP contribution in [0.25, 0.3) is 111 Å². The summed E-state index contributed by atoms with van der Waals surface area (Å²) in [5, 5.41) is 6.26. The van der Waals surface area contributed by atoms with Crippen LogP contribution in [0.4, 0.5) is 0 Å². The number of rotatable bonds is 4. The highest BCUT2D eigenvalue weighted by Gasteiger charge is 2.19. The molecule has 11 rings (SSSR count). The highest BCUT2D eigenvalue weighted by Crippen LogP contribution is 2.39. The van der Waals surface area contributed by atoms with Crippen LogP contribution in [0, 0.1) is 0 Å². The molecule has 7 aromatic carbocycles. The molecule has 6 heteroatoms. The minimum atomic E-state index is 0.553. The molecule has 0 unspecified atom stereocenters. The Labute approximate surface area is 290 Å². The van der Waals surface area contributed by atoms with Crippen molar-refractivity contribution in [3.8, 4) is 45.3 Å². The zero-order chi connectivity index (χ0) is 33.5. The van der Waals surface area contributed by atoms with E-state index in [2.05, 4.69) is 54.6 Å². The fraction of sp³-hybridized carbons (Fsp3) is 0. The number of hydrogen-bond acceptors (Lipinski definition) is 6. The van der Waals surface area contributed by atoms with Crippen molar-refractivity contribution < 1.29 is 13.3 Å². The van der Waals surface area contributed by atoms with Gasteiger partial charge in [-0.2, -0.15) is 0 Å². The van der Waals surface area contributed by atoms with E-state index >= 15 is 0 Å². The Morgan fingerprint density at radius 2 is 0.824 bits per heavy atom. The van der Waals surface area contributed by atoms with E-state index in [0.29, 0.717) is 17.5 Å². The maximum absolute atomic E-state index is 6.39. The number of benzene rings is 7. The third kappa shape index (κ3) is 4.40. The van der Waals surface area contributed by atoms with Crippen LogP contribution >= 0.6 is 0 Å². The number of aromatic nitrogens is 3. The fourth-order valence-corrected chi connectivity index (χ4v) is 7.28. The highest BCUT2D eigenvalue weighted by molar-refractivity contribution is 6.15. The Bertz CT molecular complexity index is 3150. The summed E-state index contributed by atoms with van der Waals surface area (Å²) in [5.41, 5.74) is 9.66. The van der Waals surface area contributed by atoms with Crippen molar-refractivity contribution in [2.75, 3.05) is 0 Å². The molecule has 0 spiro atoms. The average Bonchev–Trinajstić information content (AvgIpc) is 3.87. The van der Waals surface area contributed by atoms with Gasteiger partial charge in [-0.15, -0.1) is 0 Å². The molecule has 0 aliphatic carbocycles. The third-order valence-corrected chi connectivity index (χ3v) is 9.74. The lowest BCUT2D eigenvalue weighted by molar-refractivity contribution is 0.664. The third-order valence-electron chi connectivity index (χ3n) is 9.74. The standard InChI is InChI=1S/C45H25N3O3/c1-2-10-26(11-3-1)43-46-44(48-45(47-43)33-17-9-16-32-30-14-4-7-19-38(30)51-42(32)33)29-13-8-12-27(22-29)28-20-21-39-34(23-28)36-25-40-35(24-41(36)50-39)31-15-5-6-18-37(31)49-40/h1-25H. The maximum atomic E-state index is 6.39. The largest absolute Gasteiger partial charge is 0.456 e. The van der Waals surface area contributed by atoms with Gasteiger partial charge in [-0.05, 0) is 59.7 Å². The SMILES string of the molecule is c1ccc(-c2nc(-c3cccc(-c4ccc5oc6cc7c(cc6c5c4)oc4ccccc47)c3)nc(-c3cccc4c3oc3ccccc34)n2)cc1. The van der Waals surface area contributed by atoms with E-state index in [9.17, 15) is 0 Å². The Hall–Kier alpha value is -7.05. The molecule has 0 saturated carbocycles. The van der Waals surface area contributed by atoms with Gasteiger partial charge in [0.2, 0.25) is 0 Å². The smallest absolute Gasteiger partial charge is 0.167 e. The molecule has 0 fully saturated rings. The van der Waals surface area contributed by atoms with Crippen LogP contribution in [0.3, 0.4) is 0 Å². The normalized spacial score (nSPS) is 11.9. The Kier molecular flexibility index (Phi) is 5.86. The van der Waals surface area contributed by atoms with E-state index < -0.39 is 0 Å². The molecule has 4 aromatic heterocycles. The van der Waals surface area contributed by atoms with Crippen LogP contribution in [0.1, 0.15) is 0 Å². The fourth-order valence-electron chi connectivity index (χ4n) is 7.28. The van der Waals surface area contributed by atoms with Gasteiger partial charge in [-0.1, -0.05) is 103 Å². The molecule has 0 N–H and O–H groups in total. The minimum absolute atomic E-state index is 0.553. The van der Waals surface area contributed by atoms with E-state index in [-0.39, 0.29) is 0 Å². The van der Waals surface area contributed by atoms with E-state index in [1.165, 1.54) is 0 Å². The maximum Gasteiger partial charge on any atom is 0.167 e. The molecule has 51 heavy (non-hydrogen) atoms. The summed E-state index contributed by atoms with van der Waals surface area (Å²) < 4.78 is 19.0. The zero-order valence-corrected chi connectivity index (χ0v) is 27.0. The van der Waals surface area contributed by atoms with Gasteiger partial charge in [-0.25, -0.2) is 15.0 Å². The summed E-state index contributed by atoms with van der Waals surface area (Å²) >= 11 is 0. The van der Waals surface area contributed by atoms with Crippen molar-refractivity contribution in [2.24, 2.45) is 0 Å². The monoisotopic (exact) mass is 655 g/mol. The van der Waals surface area contributed by atoms with E-state index in [0.717, 1.165) is 93.6 Å². The van der Waals surface area contributed by atoms with E-state index in [4.69, 9.17) is 28.2 Å². The first-order valence-corrected chi connectivity index (χ1v) is 16.8. The van der Waals surface area contributed by atoms with Crippen molar-refractivity contribution >= 4 is 65.8 Å². The first-order chi connectivity index (χ1) is 25.2. The molecule has 0 aliphatic rings. The molecule has 0 aliphatic heterocycles. The summed E-state index contributed by atoms with van der Waals surface area (Å²) in [6.07, 6.45) is 0. The molecule has 6 nitrogen and oxygen atoms in total. The number of furan rings is 3. The van der Waals surface area contributed by atoms with Crippen LogP contribution in [0.2, 0.25) is 0 Å². The summed E-state index contributed by atoms with van der Waals surface area (Å²) in [5.74, 6) is 1.73. The Morgan fingerprint density at radius 3 is 1.63 bits per heavy atom. The Balaban J connectivity index is 1.06. The van der Waals surface area contributed by atoms with Crippen LogP contribution in [0.15, 0.2) is 165 Å². The molecule has 0 atom stereocenters. The lowest BCUT2D eigenvalue weighted by Crippen LogP contribution is -2.00. The Morgan fingerprint density at radius 1 is 0.294 bits per heavy atom. The zero-order valence-electron chi connectivity index (χ0n) is 27.0. The molecular weight excluding hydrogens is 631 g/mol. The summed E-state index contributed by atoms with van der Waals surface area (Å²) in [6, 6.07) is 51.2. The van der Waals surface area contributed by atoms with Crippen molar-refractivity contribution in [2.45, 2.75) is 0 Å². The number of hydrogen-bond donors (Lipinski definition) is 0. The van der Waals surface area contributed by atoms with Crippen LogP contribution in [0.5, 0.6) is 0 Å². The van der Waals surface area contributed by atoms with Crippen molar-refractivity contribution in [3.05, 3.63) is 152 Å². The van der Waals surface area contributed by atoms with Gasteiger partial charge in [0.1, 0.15) is 33.5 Å². The van der Waals surface area contributed by atoms with Gasteiger partial charge in [-0.3, -0.25) is 0 Å². The lowest BCUT2D eigenvalue weighted by atomic mass is 10.00. The van der Waals surface area contributed by atoms with Gasteiger partial charge in [0.05, 0.1) is 5.56 Å². The molecule has 0 saturated heterocycles. The topological polar surface area (TPSA) is 78.1 Å². The molecule has 11 aromatic rings. The highest BCUT2D eigenvalue weighted by atomic mass is 16.3. The van der Waals surface area contributed by atoms with Crippen LogP contribution < -0.4 is 0 Å². The second kappa shape index (κ2) is 10.7. The van der Waals surface area contributed by atoms with E-state index in [1.54, 1.807) is 0 Å². The second-order valence-electron chi connectivity index (χ2n) is 12.8. The number of fused-ring (bicyclic) bond motifs is 9. The second-order valence-corrected chi connectivity index (χ2v) is 12.8. The average molecular weight is 656 g/mol. The van der Waals surface area contributed by atoms with Crippen molar-refractivity contribution in [1.82, 2.24) is 15.0 Å². The molecule has 4 heterocycles. The lowest BCUT2D eigenvalue weighted by Gasteiger charge is -2.10. The van der Waals surface area contributed by atoms with Gasteiger partial charge >= 0.3 is 0 Å². The molecule has 0 radical (unpaired) electrons. The number of para-hydroxylation sites is 3. The van der Waals surface area contributed by atoms with Gasteiger partial charge in [0.25, 0.3) is 0 Å². The molecule has 238 valence electrons. The van der Waals surface area contributed by atoms with Gasteiger partial charge in [0, 0.05) is 43.4 Å². The first-order valence-electron chi connectivity index (χ1n) is 16.8. The quantitative estimate of drug-likeness (QED) is 0.188. The summed E-state index contributed by atoms with van der Waals surface area (Å²) in [6.45, 7) is 0. The van der Waals surface area contributed by atoms with Crippen LogP contribution in [-0.4, -0.2) is 15.0 Å². The summed E-state index contributed by atoms with van der Waals surface area (Å²) in [4.78, 5) is 15.1. The first kappa shape index (κ1) is 27.9. The summed E-state index contributed by atoms with van der Waals surface area (Å²) in [7, 11) is 0. The molecular formula is C45H25N3O3. The molecule has 0 bridgehead atoms. The van der Waals surface area contributed by atoms with Crippen LogP contribution in [-0.2, 0) is 0 Å². The van der Waals surface area contributed by atoms with Crippen molar-refractivity contribution in [3.63, 3.8) is 0 Å². The van der Waals surface area contributed by atoms with Crippen molar-refractivity contribution in [1.29, 1.82) is 0 Å².